The summed E-state index contributed by atoms with van der Waals surface area (Å²) in [6.07, 6.45) is 3.93. The maximum Gasteiger partial charge on any atom is 0.0639 e. The fourth-order valence-corrected chi connectivity index (χ4v) is 2.55. The van der Waals surface area contributed by atoms with E-state index in [0.29, 0.717) is 0 Å². The summed E-state index contributed by atoms with van der Waals surface area (Å²) in [6.45, 7) is 4.60. The first-order chi connectivity index (χ1) is 7.31. The Balaban J connectivity index is 2.04. The molecule has 1 heterocycles. The average molecular weight is 224 g/mol. The molecule has 0 aliphatic carbocycles. The number of hydrogen-bond acceptors (Lipinski definition) is 1. The van der Waals surface area contributed by atoms with E-state index >= 15 is 0 Å². The minimum Gasteiger partial charge on any atom is -0.370 e. The van der Waals surface area contributed by atoms with E-state index in [1.165, 1.54) is 24.9 Å². The normalized spacial score (nSPS) is 18.1. The van der Waals surface area contributed by atoms with E-state index in [0.717, 1.165) is 24.0 Å². The Kier molecular flexibility index (Phi) is 3.53. The summed E-state index contributed by atoms with van der Waals surface area (Å²) >= 11 is 6.19. The molecule has 0 saturated carbocycles. The van der Waals surface area contributed by atoms with Gasteiger partial charge >= 0.3 is 0 Å². The van der Waals surface area contributed by atoms with Crippen molar-refractivity contribution in [3.05, 3.63) is 29.3 Å². The number of anilines is 1. The Morgan fingerprint density at radius 2 is 1.93 bits per heavy atom. The molecule has 1 aromatic carbocycles. The summed E-state index contributed by atoms with van der Waals surface area (Å²) in [5.74, 6) is 0.920. The maximum absolute atomic E-state index is 6.19. The Morgan fingerprint density at radius 1 is 1.27 bits per heavy atom. The predicted octanol–water partition coefficient (Wildman–Crippen LogP) is 3.97. The average Bonchev–Trinajstić information content (AvgIpc) is 2.30. The predicted molar refractivity (Wildman–Crippen MR) is 66.7 cm³/mol. The fraction of sp³-hybridized carbons (Fsp3) is 0.538. The number of benzene rings is 1. The second kappa shape index (κ2) is 4.89. The molecule has 0 radical (unpaired) electrons. The lowest BCUT2D eigenvalue weighted by molar-refractivity contribution is 0.395. The second-order valence-electron chi connectivity index (χ2n) is 4.29. The molecule has 15 heavy (non-hydrogen) atoms. The third-order valence-corrected chi connectivity index (χ3v) is 3.70. The van der Waals surface area contributed by atoms with Gasteiger partial charge in [0.2, 0.25) is 0 Å². The van der Waals surface area contributed by atoms with Gasteiger partial charge in [-0.25, -0.2) is 0 Å². The molecule has 0 atom stereocenters. The van der Waals surface area contributed by atoms with Crippen LogP contribution in [0.5, 0.6) is 0 Å². The van der Waals surface area contributed by atoms with Crippen LogP contribution in [0.4, 0.5) is 5.69 Å². The number of rotatable bonds is 2. The van der Waals surface area contributed by atoms with E-state index in [1.807, 2.05) is 12.1 Å². The highest BCUT2D eigenvalue weighted by atomic mass is 35.5. The second-order valence-corrected chi connectivity index (χ2v) is 4.70. The topological polar surface area (TPSA) is 3.24 Å². The van der Waals surface area contributed by atoms with Gasteiger partial charge in [-0.1, -0.05) is 37.1 Å². The summed E-state index contributed by atoms with van der Waals surface area (Å²) in [4.78, 5) is 2.41. The highest BCUT2D eigenvalue weighted by Gasteiger charge is 2.18. The molecule has 1 aliphatic rings. The van der Waals surface area contributed by atoms with Crippen LogP contribution in [-0.2, 0) is 0 Å². The number of para-hydroxylation sites is 1. The van der Waals surface area contributed by atoms with Gasteiger partial charge in [-0.2, -0.15) is 0 Å². The molecule has 0 spiro atoms. The zero-order valence-electron chi connectivity index (χ0n) is 9.25. The van der Waals surface area contributed by atoms with Crippen LogP contribution in [-0.4, -0.2) is 13.1 Å². The monoisotopic (exact) mass is 223 g/mol. The summed E-state index contributed by atoms with van der Waals surface area (Å²) in [5, 5.41) is 0.882. The molecule has 1 nitrogen and oxygen atoms in total. The molecule has 1 aliphatic heterocycles. The lowest BCUT2D eigenvalue weighted by atomic mass is 9.94. The van der Waals surface area contributed by atoms with Gasteiger partial charge in [0, 0.05) is 13.1 Å². The van der Waals surface area contributed by atoms with Crippen molar-refractivity contribution in [3.63, 3.8) is 0 Å². The Morgan fingerprint density at radius 3 is 2.53 bits per heavy atom. The Hall–Kier alpha value is -0.690. The molecule has 1 saturated heterocycles. The summed E-state index contributed by atoms with van der Waals surface area (Å²) in [5.41, 5.74) is 1.20. The molecule has 0 aromatic heterocycles. The summed E-state index contributed by atoms with van der Waals surface area (Å²) in [6, 6.07) is 8.15. The molecular weight excluding hydrogens is 206 g/mol. The van der Waals surface area contributed by atoms with Crippen molar-refractivity contribution < 1.29 is 0 Å². The minimum atomic E-state index is 0.882. The molecule has 0 N–H and O–H groups in total. The molecule has 1 fully saturated rings. The van der Waals surface area contributed by atoms with Crippen LogP contribution >= 0.6 is 11.6 Å². The SMILES string of the molecule is CCC1CCN(c2ccccc2Cl)CC1. The van der Waals surface area contributed by atoms with Gasteiger partial charge in [0.25, 0.3) is 0 Å². The molecule has 2 heteroatoms. The van der Waals surface area contributed by atoms with E-state index in [4.69, 9.17) is 11.6 Å². The van der Waals surface area contributed by atoms with Gasteiger partial charge in [0.1, 0.15) is 0 Å². The third kappa shape index (κ3) is 2.46. The van der Waals surface area contributed by atoms with Gasteiger partial charge in [-0.15, -0.1) is 0 Å². The van der Waals surface area contributed by atoms with Crippen molar-refractivity contribution >= 4 is 17.3 Å². The van der Waals surface area contributed by atoms with Crippen molar-refractivity contribution in [3.8, 4) is 0 Å². The molecule has 82 valence electrons. The maximum atomic E-state index is 6.19. The van der Waals surface area contributed by atoms with E-state index in [2.05, 4.69) is 24.0 Å². The number of nitrogens with zero attached hydrogens (tertiary/aromatic N) is 1. The van der Waals surface area contributed by atoms with Crippen LogP contribution in [0.25, 0.3) is 0 Å². The zero-order chi connectivity index (χ0) is 10.7. The van der Waals surface area contributed by atoms with E-state index in [9.17, 15) is 0 Å². The van der Waals surface area contributed by atoms with Crippen molar-refractivity contribution in [2.24, 2.45) is 5.92 Å². The van der Waals surface area contributed by atoms with E-state index in [-0.39, 0.29) is 0 Å². The van der Waals surface area contributed by atoms with Crippen LogP contribution in [0.2, 0.25) is 5.02 Å². The lowest BCUT2D eigenvalue weighted by Crippen LogP contribution is -2.33. The van der Waals surface area contributed by atoms with Crippen molar-refractivity contribution in [1.82, 2.24) is 0 Å². The van der Waals surface area contributed by atoms with Crippen LogP contribution in [0.15, 0.2) is 24.3 Å². The first-order valence-electron chi connectivity index (χ1n) is 5.80. The van der Waals surface area contributed by atoms with Gasteiger partial charge in [-0.3, -0.25) is 0 Å². The Labute approximate surface area is 97.0 Å². The van der Waals surface area contributed by atoms with Crippen molar-refractivity contribution in [2.75, 3.05) is 18.0 Å². The lowest BCUT2D eigenvalue weighted by Gasteiger charge is -2.33. The number of piperidine rings is 1. The Bertz CT molecular complexity index is 316. The number of hydrogen-bond donors (Lipinski definition) is 0. The first-order valence-corrected chi connectivity index (χ1v) is 6.18. The zero-order valence-corrected chi connectivity index (χ0v) is 10.0. The van der Waals surface area contributed by atoms with Crippen LogP contribution < -0.4 is 4.90 Å². The highest BCUT2D eigenvalue weighted by molar-refractivity contribution is 6.33. The standard InChI is InChI=1S/C13H18ClN/c1-2-11-7-9-15(10-8-11)13-6-4-3-5-12(13)14/h3-6,11H,2,7-10H2,1H3. The molecular formula is C13H18ClN. The molecule has 0 unspecified atom stereocenters. The fourth-order valence-electron chi connectivity index (χ4n) is 2.29. The largest absolute Gasteiger partial charge is 0.370 e. The molecule has 2 rings (SSSR count). The summed E-state index contributed by atoms with van der Waals surface area (Å²) in [7, 11) is 0. The van der Waals surface area contributed by atoms with Crippen molar-refractivity contribution in [1.29, 1.82) is 0 Å². The quantitative estimate of drug-likeness (QED) is 0.734. The van der Waals surface area contributed by atoms with Gasteiger partial charge in [0.15, 0.2) is 0 Å². The van der Waals surface area contributed by atoms with Gasteiger partial charge < -0.3 is 4.90 Å². The van der Waals surface area contributed by atoms with Crippen LogP contribution in [0.1, 0.15) is 26.2 Å². The summed E-state index contributed by atoms with van der Waals surface area (Å²) < 4.78 is 0. The number of halogens is 1. The molecule has 0 bridgehead atoms. The molecule has 0 amide bonds. The van der Waals surface area contributed by atoms with Gasteiger partial charge in [0.05, 0.1) is 10.7 Å². The highest BCUT2D eigenvalue weighted by Crippen LogP contribution is 2.29. The molecule has 1 aromatic rings. The smallest absolute Gasteiger partial charge is 0.0639 e. The minimum absolute atomic E-state index is 0.882. The van der Waals surface area contributed by atoms with Crippen LogP contribution in [0, 0.1) is 5.92 Å². The van der Waals surface area contributed by atoms with Crippen LogP contribution in [0.3, 0.4) is 0 Å². The first kappa shape index (κ1) is 10.8. The third-order valence-electron chi connectivity index (χ3n) is 3.39. The van der Waals surface area contributed by atoms with E-state index in [1.54, 1.807) is 0 Å². The van der Waals surface area contributed by atoms with Crippen molar-refractivity contribution in [2.45, 2.75) is 26.2 Å². The van der Waals surface area contributed by atoms with Gasteiger partial charge in [-0.05, 0) is 30.9 Å². The van der Waals surface area contributed by atoms with E-state index < -0.39 is 0 Å².